The summed E-state index contributed by atoms with van der Waals surface area (Å²) in [5, 5.41) is 0. The molecule has 4 nitrogen and oxygen atoms in total. The SMILES string of the molecule is COc1ccc(CN(C)C(=O)C(C)C(C)N)cc1C.Cl. The molecule has 1 rings (SSSR count). The summed E-state index contributed by atoms with van der Waals surface area (Å²) >= 11 is 0. The molecule has 0 fully saturated rings. The summed E-state index contributed by atoms with van der Waals surface area (Å²) in [4.78, 5) is 13.8. The van der Waals surface area contributed by atoms with E-state index in [0.717, 1.165) is 16.9 Å². The number of hydrogen-bond donors (Lipinski definition) is 1. The third-order valence-corrected chi connectivity index (χ3v) is 3.43. The highest BCUT2D eigenvalue weighted by molar-refractivity contribution is 5.85. The topological polar surface area (TPSA) is 55.6 Å². The van der Waals surface area contributed by atoms with Crippen molar-refractivity contribution in [2.45, 2.75) is 33.4 Å². The lowest BCUT2D eigenvalue weighted by Crippen LogP contribution is -2.39. The lowest BCUT2D eigenvalue weighted by atomic mass is 10.0. The number of amides is 1. The van der Waals surface area contributed by atoms with Gasteiger partial charge in [0, 0.05) is 19.6 Å². The summed E-state index contributed by atoms with van der Waals surface area (Å²) < 4.78 is 5.23. The number of benzene rings is 1. The zero-order valence-corrected chi connectivity index (χ0v) is 13.7. The van der Waals surface area contributed by atoms with Crippen LogP contribution in [0.25, 0.3) is 0 Å². The van der Waals surface area contributed by atoms with Crippen molar-refractivity contribution in [1.29, 1.82) is 0 Å². The van der Waals surface area contributed by atoms with Crippen LogP contribution in [0.15, 0.2) is 18.2 Å². The normalized spacial score (nSPS) is 13.1. The first-order valence-electron chi connectivity index (χ1n) is 6.51. The molecule has 2 N–H and O–H groups in total. The van der Waals surface area contributed by atoms with Crippen LogP contribution >= 0.6 is 12.4 Å². The van der Waals surface area contributed by atoms with Gasteiger partial charge in [0.2, 0.25) is 5.91 Å². The first-order valence-corrected chi connectivity index (χ1v) is 6.51. The molecule has 0 radical (unpaired) electrons. The van der Waals surface area contributed by atoms with Crippen LogP contribution in [0.5, 0.6) is 5.75 Å². The third kappa shape index (κ3) is 4.69. The largest absolute Gasteiger partial charge is 0.496 e. The molecule has 0 saturated carbocycles. The number of rotatable bonds is 5. The Morgan fingerprint density at radius 1 is 1.40 bits per heavy atom. The van der Waals surface area contributed by atoms with Crippen molar-refractivity contribution in [1.82, 2.24) is 4.90 Å². The van der Waals surface area contributed by atoms with Crippen LogP contribution in [0.1, 0.15) is 25.0 Å². The van der Waals surface area contributed by atoms with E-state index in [9.17, 15) is 4.79 Å². The van der Waals surface area contributed by atoms with Gasteiger partial charge in [0.05, 0.1) is 13.0 Å². The highest BCUT2D eigenvalue weighted by atomic mass is 35.5. The third-order valence-electron chi connectivity index (χ3n) is 3.43. The standard InChI is InChI=1S/C15H24N2O2.ClH/c1-10-8-13(6-7-14(10)19-5)9-17(4)15(18)11(2)12(3)16;/h6-8,11-12H,9,16H2,1-5H3;1H. The van der Waals surface area contributed by atoms with Crippen molar-refractivity contribution in [3.05, 3.63) is 29.3 Å². The first-order chi connectivity index (χ1) is 8.86. The molecule has 0 aliphatic rings. The number of hydrogen-bond acceptors (Lipinski definition) is 3. The van der Waals surface area contributed by atoms with E-state index in [1.165, 1.54) is 0 Å². The molecule has 5 heteroatoms. The predicted molar refractivity (Wildman–Crippen MR) is 84.3 cm³/mol. The fourth-order valence-electron chi connectivity index (χ4n) is 1.96. The van der Waals surface area contributed by atoms with Gasteiger partial charge in [-0.3, -0.25) is 4.79 Å². The van der Waals surface area contributed by atoms with Gasteiger partial charge in [-0.25, -0.2) is 0 Å². The Morgan fingerprint density at radius 3 is 2.45 bits per heavy atom. The van der Waals surface area contributed by atoms with E-state index in [1.54, 1.807) is 19.1 Å². The maximum Gasteiger partial charge on any atom is 0.226 e. The van der Waals surface area contributed by atoms with Gasteiger partial charge in [-0.1, -0.05) is 19.1 Å². The number of nitrogens with two attached hydrogens (primary N) is 1. The van der Waals surface area contributed by atoms with E-state index in [-0.39, 0.29) is 30.3 Å². The number of ether oxygens (including phenoxy) is 1. The van der Waals surface area contributed by atoms with Crippen LogP contribution in [0, 0.1) is 12.8 Å². The van der Waals surface area contributed by atoms with E-state index >= 15 is 0 Å². The maximum atomic E-state index is 12.1. The second-order valence-electron chi connectivity index (χ2n) is 5.15. The number of halogens is 1. The zero-order chi connectivity index (χ0) is 14.6. The van der Waals surface area contributed by atoms with Crippen LogP contribution in [-0.2, 0) is 11.3 Å². The van der Waals surface area contributed by atoms with Crippen molar-refractivity contribution in [3.63, 3.8) is 0 Å². The molecular formula is C15H25ClN2O2. The molecule has 0 saturated heterocycles. The Balaban J connectivity index is 0.00000361. The highest BCUT2D eigenvalue weighted by Gasteiger charge is 2.20. The van der Waals surface area contributed by atoms with Crippen LogP contribution in [0.2, 0.25) is 0 Å². The summed E-state index contributed by atoms with van der Waals surface area (Å²) in [6.07, 6.45) is 0. The Bertz CT molecular complexity index is 449. The van der Waals surface area contributed by atoms with Crippen LogP contribution in [0.3, 0.4) is 0 Å². The summed E-state index contributed by atoms with van der Waals surface area (Å²) in [6.45, 7) is 6.30. The minimum absolute atomic E-state index is 0. The van der Waals surface area contributed by atoms with Crippen molar-refractivity contribution < 1.29 is 9.53 Å². The minimum atomic E-state index is -0.163. The van der Waals surface area contributed by atoms with E-state index in [2.05, 4.69) is 0 Å². The summed E-state index contributed by atoms with van der Waals surface area (Å²) in [6, 6.07) is 5.82. The Hall–Kier alpha value is -1.26. The second kappa shape index (κ2) is 8.12. The molecule has 0 spiro atoms. The van der Waals surface area contributed by atoms with Crippen LogP contribution in [-0.4, -0.2) is 31.0 Å². The van der Waals surface area contributed by atoms with Gasteiger partial charge in [0.15, 0.2) is 0 Å². The molecule has 0 aliphatic heterocycles. The first kappa shape index (κ1) is 18.7. The monoisotopic (exact) mass is 300 g/mol. The van der Waals surface area contributed by atoms with E-state index in [4.69, 9.17) is 10.5 Å². The molecule has 0 aliphatic carbocycles. The maximum absolute atomic E-state index is 12.1. The predicted octanol–water partition coefficient (Wildman–Crippen LogP) is 2.37. The fraction of sp³-hybridized carbons (Fsp3) is 0.533. The molecule has 0 aromatic heterocycles. The fourth-order valence-corrected chi connectivity index (χ4v) is 1.96. The lowest BCUT2D eigenvalue weighted by molar-refractivity contribution is -0.134. The molecular weight excluding hydrogens is 276 g/mol. The minimum Gasteiger partial charge on any atom is -0.496 e. The van der Waals surface area contributed by atoms with E-state index in [1.807, 2.05) is 39.0 Å². The van der Waals surface area contributed by atoms with Gasteiger partial charge < -0.3 is 15.4 Å². The Kier molecular flexibility index (Phi) is 7.61. The average molecular weight is 301 g/mol. The van der Waals surface area contributed by atoms with Gasteiger partial charge >= 0.3 is 0 Å². The molecule has 2 unspecified atom stereocenters. The van der Waals surface area contributed by atoms with Crippen LogP contribution < -0.4 is 10.5 Å². The van der Waals surface area contributed by atoms with Crippen LogP contribution in [0.4, 0.5) is 0 Å². The number of carbonyl (C=O) groups is 1. The number of nitrogens with zero attached hydrogens (tertiary/aromatic N) is 1. The lowest BCUT2D eigenvalue weighted by Gasteiger charge is -2.23. The molecule has 1 aromatic carbocycles. The summed E-state index contributed by atoms with van der Waals surface area (Å²) in [5.41, 5.74) is 7.93. The Morgan fingerprint density at radius 2 is 2.00 bits per heavy atom. The molecule has 114 valence electrons. The molecule has 1 aromatic rings. The van der Waals surface area contributed by atoms with Gasteiger partial charge in [-0.2, -0.15) is 0 Å². The molecule has 1 amide bonds. The van der Waals surface area contributed by atoms with Gasteiger partial charge in [0.1, 0.15) is 5.75 Å². The van der Waals surface area contributed by atoms with Crippen molar-refractivity contribution in [3.8, 4) is 5.75 Å². The highest BCUT2D eigenvalue weighted by Crippen LogP contribution is 2.19. The number of methoxy groups -OCH3 is 1. The molecule has 20 heavy (non-hydrogen) atoms. The van der Waals surface area contributed by atoms with Gasteiger partial charge in [-0.15, -0.1) is 12.4 Å². The molecule has 2 atom stereocenters. The second-order valence-corrected chi connectivity index (χ2v) is 5.15. The zero-order valence-electron chi connectivity index (χ0n) is 12.8. The smallest absolute Gasteiger partial charge is 0.226 e. The van der Waals surface area contributed by atoms with Crippen molar-refractivity contribution in [2.75, 3.05) is 14.2 Å². The van der Waals surface area contributed by atoms with Crippen molar-refractivity contribution in [2.24, 2.45) is 11.7 Å². The summed E-state index contributed by atoms with van der Waals surface area (Å²) in [7, 11) is 3.46. The number of aryl methyl sites for hydroxylation is 1. The van der Waals surface area contributed by atoms with Gasteiger partial charge in [-0.05, 0) is 31.0 Å². The Labute approximate surface area is 127 Å². The van der Waals surface area contributed by atoms with Gasteiger partial charge in [0.25, 0.3) is 0 Å². The van der Waals surface area contributed by atoms with E-state index < -0.39 is 0 Å². The molecule has 0 heterocycles. The van der Waals surface area contributed by atoms with Crippen molar-refractivity contribution >= 4 is 18.3 Å². The average Bonchev–Trinajstić information content (AvgIpc) is 2.37. The summed E-state index contributed by atoms with van der Waals surface area (Å²) in [5.74, 6) is 0.773. The van der Waals surface area contributed by atoms with E-state index in [0.29, 0.717) is 6.54 Å². The number of carbonyl (C=O) groups excluding carboxylic acids is 1. The molecule has 0 bridgehead atoms. The quantitative estimate of drug-likeness (QED) is 0.908.